The Hall–Kier alpha value is -0.510. The van der Waals surface area contributed by atoms with Crippen molar-refractivity contribution < 1.29 is 0 Å². The molecular formula is C13H22N2S. The SMILES string of the molecule is CCSCC(C)NCc1ccc(CN)cc1. The highest BCUT2D eigenvalue weighted by Crippen LogP contribution is 2.05. The van der Waals surface area contributed by atoms with Gasteiger partial charge in [-0.2, -0.15) is 11.8 Å². The van der Waals surface area contributed by atoms with Gasteiger partial charge in [0.05, 0.1) is 0 Å². The minimum atomic E-state index is 0.569. The molecule has 1 aromatic rings. The lowest BCUT2D eigenvalue weighted by atomic mass is 10.1. The Labute approximate surface area is 103 Å². The van der Waals surface area contributed by atoms with Gasteiger partial charge in [-0.05, 0) is 23.8 Å². The molecule has 0 saturated heterocycles. The van der Waals surface area contributed by atoms with Crippen LogP contribution in [0.4, 0.5) is 0 Å². The summed E-state index contributed by atoms with van der Waals surface area (Å²) >= 11 is 1.98. The second kappa shape index (κ2) is 7.71. The number of hydrogen-bond donors (Lipinski definition) is 2. The van der Waals surface area contributed by atoms with Gasteiger partial charge in [0.1, 0.15) is 0 Å². The zero-order valence-electron chi connectivity index (χ0n) is 10.2. The first kappa shape index (κ1) is 13.6. The highest BCUT2D eigenvalue weighted by atomic mass is 32.2. The van der Waals surface area contributed by atoms with Crippen molar-refractivity contribution in [2.24, 2.45) is 5.73 Å². The lowest BCUT2D eigenvalue weighted by molar-refractivity contribution is 0.596. The topological polar surface area (TPSA) is 38.0 Å². The monoisotopic (exact) mass is 238 g/mol. The van der Waals surface area contributed by atoms with E-state index >= 15 is 0 Å². The predicted octanol–water partition coefficient (Wildman–Crippen LogP) is 2.38. The molecule has 0 aliphatic heterocycles. The molecule has 0 aliphatic rings. The van der Waals surface area contributed by atoms with Crippen molar-refractivity contribution in [3.8, 4) is 0 Å². The Kier molecular flexibility index (Phi) is 6.53. The van der Waals surface area contributed by atoms with E-state index in [1.165, 1.54) is 22.6 Å². The average Bonchev–Trinajstić information content (AvgIpc) is 2.34. The van der Waals surface area contributed by atoms with Crippen LogP contribution in [0.2, 0.25) is 0 Å². The van der Waals surface area contributed by atoms with Crippen LogP contribution in [0.3, 0.4) is 0 Å². The zero-order chi connectivity index (χ0) is 11.8. The molecule has 3 heteroatoms. The molecule has 0 heterocycles. The van der Waals surface area contributed by atoms with Crippen LogP contribution in [0.1, 0.15) is 25.0 Å². The van der Waals surface area contributed by atoms with Crippen LogP contribution in [0.5, 0.6) is 0 Å². The molecule has 0 fully saturated rings. The summed E-state index contributed by atoms with van der Waals surface area (Å²) in [5.41, 5.74) is 8.08. The van der Waals surface area contributed by atoms with Crippen LogP contribution < -0.4 is 11.1 Å². The molecule has 0 saturated carbocycles. The fourth-order valence-electron chi connectivity index (χ4n) is 1.44. The van der Waals surface area contributed by atoms with Crippen LogP contribution in [-0.2, 0) is 13.1 Å². The molecule has 3 N–H and O–H groups in total. The molecule has 0 spiro atoms. The maximum atomic E-state index is 5.56. The van der Waals surface area contributed by atoms with E-state index in [4.69, 9.17) is 5.73 Å². The van der Waals surface area contributed by atoms with Gasteiger partial charge in [0.25, 0.3) is 0 Å². The summed E-state index contributed by atoms with van der Waals surface area (Å²) in [4.78, 5) is 0. The maximum Gasteiger partial charge on any atom is 0.0208 e. The van der Waals surface area contributed by atoms with Crippen LogP contribution in [0, 0.1) is 0 Å². The summed E-state index contributed by atoms with van der Waals surface area (Å²) in [6.07, 6.45) is 0. The van der Waals surface area contributed by atoms with E-state index in [1.807, 2.05) is 11.8 Å². The van der Waals surface area contributed by atoms with Gasteiger partial charge in [-0.3, -0.25) is 0 Å². The van der Waals surface area contributed by atoms with Crippen LogP contribution >= 0.6 is 11.8 Å². The number of hydrogen-bond acceptors (Lipinski definition) is 3. The molecule has 1 unspecified atom stereocenters. The Morgan fingerprint density at radius 1 is 1.25 bits per heavy atom. The molecule has 1 atom stereocenters. The summed E-state index contributed by atoms with van der Waals surface area (Å²) in [5.74, 6) is 2.37. The molecule has 2 nitrogen and oxygen atoms in total. The molecule has 90 valence electrons. The number of rotatable bonds is 7. The van der Waals surface area contributed by atoms with E-state index < -0.39 is 0 Å². The third-order valence-electron chi connectivity index (χ3n) is 2.49. The summed E-state index contributed by atoms with van der Waals surface area (Å²) in [6, 6.07) is 9.06. The number of thioether (sulfide) groups is 1. The van der Waals surface area contributed by atoms with E-state index in [0.717, 1.165) is 6.54 Å². The van der Waals surface area contributed by atoms with Crippen molar-refractivity contribution in [3.05, 3.63) is 35.4 Å². The molecule has 0 bridgehead atoms. The van der Waals surface area contributed by atoms with Gasteiger partial charge < -0.3 is 11.1 Å². The van der Waals surface area contributed by atoms with Crippen molar-refractivity contribution >= 4 is 11.8 Å². The van der Waals surface area contributed by atoms with Gasteiger partial charge in [-0.25, -0.2) is 0 Å². The molecule has 16 heavy (non-hydrogen) atoms. The molecule has 0 aromatic heterocycles. The largest absolute Gasteiger partial charge is 0.326 e. The second-order valence-electron chi connectivity index (χ2n) is 3.96. The molecule has 1 rings (SSSR count). The van der Waals surface area contributed by atoms with Gasteiger partial charge in [0.2, 0.25) is 0 Å². The first-order valence-electron chi connectivity index (χ1n) is 5.85. The lowest BCUT2D eigenvalue weighted by Crippen LogP contribution is -2.27. The minimum Gasteiger partial charge on any atom is -0.326 e. The summed E-state index contributed by atoms with van der Waals surface area (Å²) < 4.78 is 0. The van der Waals surface area contributed by atoms with Gasteiger partial charge in [-0.15, -0.1) is 0 Å². The Balaban J connectivity index is 2.30. The van der Waals surface area contributed by atoms with Gasteiger partial charge in [0, 0.05) is 24.9 Å². The van der Waals surface area contributed by atoms with Crippen molar-refractivity contribution in [2.75, 3.05) is 11.5 Å². The number of nitrogens with one attached hydrogen (secondary N) is 1. The highest BCUT2D eigenvalue weighted by molar-refractivity contribution is 7.99. The molecule has 0 amide bonds. The standard InChI is InChI=1S/C13H22N2S/c1-3-16-10-11(2)15-9-13-6-4-12(8-14)5-7-13/h4-7,11,15H,3,8-10,14H2,1-2H3. The van der Waals surface area contributed by atoms with Crippen molar-refractivity contribution in [1.82, 2.24) is 5.32 Å². The molecule has 1 aromatic carbocycles. The second-order valence-corrected chi connectivity index (χ2v) is 5.28. The fraction of sp³-hybridized carbons (Fsp3) is 0.538. The van der Waals surface area contributed by atoms with E-state index in [2.05, 4.69) is 43.4 Å². The van der Waals surface area contributed by atoms with Crippen LogP contribution in [-0.4, -0.2) is 17.5 Å². The Morgan fingerprint density at radius 2 is 1.88 bits per heavy atom. The van der Waals surface area contributed by atoms with E-state index in [0.29, 0.717) is 12.6 Å². The number of nitrogens with two attached hydrogens (primary N) is 1. The number of benzene rings is 1. The molecule has 0 aliphatic carbocycles. The molecular weight excluding hydrogens is 216 g/mol. The van der Waals surface area contributed by atoms with Crippen molar-refractivity contribution in [3.63, 3.8) is 0 Å². The zero-order valence-corrected chi connectivity index (χ0v) is 11.0. The normalized spacial score (nSPS) is 12.7. The summed E-state index contributed by atoms with van der Waals surface area (Å²) in [5, 5.41) is 3.52. The van der Waals surface area contributed by atoms with E-state index in [-0.39, 0.29) is 0 Å². The quantitative estimate of drug-likeness (QED) is 0.766. The fourth-order valence-corrected chi connectivity index (χ4v) is 2.15. The van der Waals surface area contributed by atoms with Gasteiger partial charge >= 0.3 is 0 Å². The third-order valence-corrected chi connectivity index (χ3v) is 3.63. The summed E-state index contributed by atoms with van der Waals surface area (Å²) in [7, 11) is 0. The Bertz CT molecular complexity index is 284. The Morgan fingerprint density at radius 3 is 2.44 bits per heavy atom. The van der Waals surface area contributed by atoms with Gasteiger partial charge in [0.15, 0.2) is 0 Å². The highest BCUT2D eigenvalue weighted by Gasteiger charge is 2.00. The van der Waals surface area contributed by atoms with Crippen molar-refractivity contribution in [1.29, 1.82) is 0 Å². The molecule has 0 radical (unpaired) electrons. The van der Waals surface area contributed by atoms with E-state index in [9.17, 15) is 0 Å². The smallest absolute Gasteiger partial charge is 0.0208 e. The van der Waals surface area contributed by atoms with Gasteiger partial charge in [-0.1, -0.05) is 31.2 Å². The average molecular weight is 238 g/mol. The lowest BCUT2D eigenvalue weighted by Gasteiger charge is -2.13. The predicted molar refractivity (Wildman–Crippen MR) is 73.6 cm³/mol. The first-order chi connectivity index (χ1) is 7.76. The van der Waals surface area contributed by atoms with Crippen LogP contribution in [0.15, 0.2) is 24.3 Å². The summed E-state index contributed by atoms with van der Waals surface area (Å²) in [6.45, 7) is 5.99. The third kappa shape index (κ3) is 5.01. The van der Waals surface area contributed by atoms with Crippen LogP contribution in [0.25, 0.3) is 0 Å². The first-order valence-corrected chi connectivity index (χ1v) is 7.00. The van der Waals surface area contributed by atoms with E-state index in [1.54, 1.807) is 0 Å². The van der Waals surface area contributed by atoms with Crippen molar-refractivity contribution in [2.45, 2.75) is 33.0 Å². The minimum absolute atomic E-state index is 0.569. The maximum absolute atomic E-state index is 5.56.